The van der Waals surface area contributed by atoms with Gasteiger partial charge in [-0.05, 0) is 75.6 Å². The summed E-state index contributed by atoms with van der Waals surface area (Å²) in [5.41, 5.74) is 5.35. The van der Waals surface area contributed by atoms with Crippen molar-refractivity contribution in [2.24, 2.45) is 0 Å². The third-order valence-electron chi connectivity index (χ3n) is 4.15. The molecular formula is C22H16BrN3O. The van der Waals surface area contributed by atoms with Crippen molar-refractivity contribution in [3.05, 3.63) is 83.6 Å². The molecule has 0 saturated heterocycles. The van der Waals surface area contributed by atoms with Gasteiger partial charge in [0.1, 0.15) is 10.4 Å². The van der Waals surface area contributed by atoms with Crippen LogP contribution in [0.4, 0.5) is 0 Å². The van der Waals surface area contributed by atoms with Gasteiger partial charge in [0.25, 0.3) is 0 Å². The summed E-state index contributed by atoms with van der Waals surface area (Å²) in [4.78, 5) is 13.8. The van der Waals surface area contributed by atoms with E-state index in [-0.39, 0.29) is 0 Å². The smallest absolute Gasteiger partial charge is 0.118 e. The average Bonchev–Trinajstić information content (AvgIpc) is 2.74. The Bertz CT molecular complexity index is 1070. The standard InChI is InChI=1S/C22H16BrN3O/c1-27-17-10-8-15(9-11-17)16-13-20(18-5-2-3-12-24-18)25-21(14-16)19-6-4-7-22(23)26-19/h2-14H,1H3. The second-order valence-electron chi connectivity index (χ2n) is 5.92. The minimum atomic E-state index is 0.774. The van der Waals surface area contributed by atoms with Gasteiger partial charge in [0, 0.05) is 6.20 Å². The molecule has 132 valence electrons. The highest BCUT2D eigenvalue weighted by Gasteiger charge is 2.11. The summed E-state index contributed by atoms with van der Waals surface area (Å²) < 4.78 is 6.04. The molecule has 0 aliphatic heterocycles. The van der Waals surface area contributed by atoms with Crippen LogP contribution < -0.4 is 4.74 Å². The van der Waals surface area contributed by atoms with Gasteiger partial charge < -0.3 is 4.74 Å². The largest absolute Gasteiger partial charge is 0.497 e. The fourth-order valence-electron chi connectivity index (χ4n) is 2.81. The number of ether oxygens (including phenoxy) is 1. The van der Waals surface area contributed by atoms with E-state index in [1.807, 2.05) is 72.8 Å². The van der Waals surface area contributed by atoms with E-state index in [2.05, 4.69) is 25.9 Å². The normalized spacial score (nSPS) is 10.6. The molecule has 27 heavy (non-hydrogen) atoms. The van der Waals surface area contributed by atoms with Crippen LogP contribution >= 0.6 is 15.9 Å². The van der Waals surface area contributed by atoms with Gasteiger partial charge in [-0.25, -0.2) is 9.97 Å². The van der Waals surface area contributed by atoms with E-state index in [0.717, 1.165) is 44.3 Å². The molecule has 0 bridgehead atoms. The Morgan fingerprint density at radius 2 is 1.44 bits per heavy atom. The third-order valence-corrected chi connectivity index (χ3v) is 4.60. The summed E-state index contributed by atoms with van der Waals surface area (Å²) in [5.74, 6) is 0.826. The lowest BCUT2D eigenvalue weighted by molar-refractivity contribution is 0.415. The van der Waals surface area contributed by atoms with E-state index >= 15 is 0 Å². The van der Waals surface area contributed by atoms with E-state index in [0.29, 0.717) is 0 Å². The second-order valence-corrected chi connectivity index (χ2v) is 6.73. The zero-order valence-electron chi connectivity index (χ0n) is 14.6. The number of methoxy groups -OCH3 is 1. The molecule has 4 aromatic rings. The second kappa shape index (κ2) is 7.68. The van der Waals surface area contributed by atoms with Crippen molar-refractivity contribution < 1.29 is 4.74 Å². The van der Waals surface area contributed by atoms with Crippen LogP contribution in [0.1, 0.15) is 0 Å². The highest BCUT2D eigenvalue weighted by atomic mass is 79.9. The van der Waals surface area contributed by atoms with Crippen LogP contribution in [0.3, 0.4) is 0 Å². The maximum absolute atomic E-state index is 5.27. The van der Waals surface area contributed by atoms with Gasteiger partial charge in [0.2, 0.25) is 0 Å². The van der Waals surface area contributed by atoms with Gasteiger partial charge in [-0.3, -0.25) is 4.98 Å². The Hall–Kier alpha value is -3.05. The number of nitrogens with zero attached hydrogens (tertiary/aromatic N) is 3. The molecule has 0 radical (unpaired) electrons. The van der Waals surface area contributed by atoms with E-state index in [9.17, 15) is 0 Å². The Morgan fingerprint density at radius 1 is 0.704 bits per heavy atom. The lowest BCUT2D eigenvalue weighted by Crippen LogP contribution is -1.94. The molecule has 3 aromatic heterocycles. The molecule has 0 N–H and O–H groups in total. The first-order chi connectivity index (χ1) is 13.2. The summed E-state index contributed by atoms with van der Waals surface area (Å²) in [6, 6.07) is 23.7. The van der Waals surface area contributed by atoms with Crippen molar-refractivity contribution in [1.82, 2.24) is 15.0 Å². The van der Waals surface area contributed by atoms with E-state index in [1.54, 1.807) is 13.3 Å². The van der Waals surface area contributed by atoms with Crippen LogP contribution in [-0.4, -0.2) is 22.1 Å². The lowest BCUT2D eigenvalue weighted by atomic mass is 10.0. The minimum Gasteiger partial charge on any atom is -0.497 e. The minimum absolute atomic E-state index is 0.774. The van der Waals surface area contributed by atoms with Crippen molar-refractivity contribution >= 4 is 15.9 Å². The molecule has 0 spiro atoms. The number of benzene rings is 1. The molecule has 0 aliphatic rings. The van der Waals surface area contributed by atoms with Crippen LogP contribution in [0.5, 0.6) is 5.75 Å². The van der Waals surface area contributed by atoms with Crippen LogP contribution in [0.2, 0.25) is 0 Å². The van der Waals surface area contributed by atoms with Gasteiger partial charge >= 0.3 is 0 Å². The van der Waals surface area contributed by atoms with Crippen LogP contribution in [0.15, 0.2) is 83.6 Å². The Kier molecular flexibility index (Phi) is 4.94. The summed E-state index contributed by atoms with van der Waals surface area (Å²) in [6.07, 6.45) is 1.77. The molecule has 4 rings (SSSR count). The van der Waals surface area contributed by atoms with Crippen LogP contribution in [0.25, 0.3) is 33.9 Å². The van der Waals surface area contributed by atoms with E-state index in [1.165, 1.54) is 0 Å². The van der Waals surface area contributed by atoms with Crippen molar-refractivity contribution in [1.29, 1.82) is 0 Å². The summed E-state index contributed by atoms with van der Waals surface area (Å²) in [6.45, 7) is 0. The molecule has 0 saturated carbocycles. The molecule has 1 aromatic carbocycles. The van der Waals surface area contributed by atoms with Gasteiger partial charge in [-0.15, -0.1) is 0 Å². The van der Waals surface area contributed by atoms with E-state index in [4.69, 9.17) is 9.72 Å². The predicted molar refractivity (Wildman–Crippen MR) is 110 cm³/mol. The molecule has 0 amide bonds. The molecule has 0 unspecified atom stereocenters. The van der Waals surface area contributed by atoms with Crippen LogP contribution in [-0.2, 0) is 0 Å². The van der Waals surface area contributed by atoms with Gasteiger partial charge in [-0.1, -0.05) is 24.3 Å². The van der Waals surface area contributed by atoms with Crippen molar-refractivity contribution in [3.63, 3.8) is 0 Å². The highest BCUT2D eigenvalue weighted by Crippen LogP contribution is 2.30. The SMILES string of the molecule is COc1ccc(-c2cc(-c3ccccn3)nc(-c3cccc(Br)n3)c2)cc1. The van der Waals surface area contributed by atoms with Crippen molar-refractivity contribution in [3.8, 4) is 39.7 Å². The first-order valence-electron chi connectivity index (χ1n) is 8.44. The molecule has 0 atom stereocenters. The lowest BCUT2D eigenvalue weighted by Gasteiger charge is -2.10. The molecular weight excluding hydrogens is 402 g/mol. The fourth-order valence-corrected chi connectivity index (χ4v) is 3.15. The number of aromatic nitrogens is 3. The number of halogens is 1. The summed E-state index contributed by atoms with van der Waals surface area (Å²) in [7, 11) is 1.66. The molecule has 5 heteroatoms. The maximum Gasteiger partial charge on any atom is 0.118 e. The van der Waals surface area contributed by atoms with Crippen molar-refractivity contribution in [2.45, 2.75) is 0 Å². The van der Waals surface area contributed by atoms with Gasteiger partial charge in [0.05, 0.1) is 29.9 Å². The Morgan fingerprint density at radius 3 is 2.11 bits per heavy atom. The monoisotopic (exact) mass is 417 g/mol. The first-order valence-corrected chi connectivity index (χ1v) is 9.23. The predicted octanol–water partition coefficient (Wildman–Crippen LogP) is 5.64. The molecule has 4 nitrogen and oxygen atoms in total. The Balaban J connectivity index is 1.88. The zero-order valence-corrected chi connectivity index (χ0v) is 16.2. The summed E-state index contributed by atoms with van der Waals surface area (Å²) >= 11 is 3.44. The maximum atomic E-state index is 5.27. The fraction of sp³-hybridized carbons (Fsp3) is 0.0455. The van der Waals surface area contributed by atoms with Crippen LogP contribution in [0, 0.1) is 0 Å². The highest BCUT2D eigenvalue weighted by molar-refractivity contribution is 9.10. The quantitative estimate of drug-likeness (QED) is 0.402. The topological polar surface area (TPSA) is 47.9 Å². The van der Waals surface area contributed by atoms with E-state index < -0.39 is 0 Å². The Labute approximate surface area is 166 Å². The van der Waals surface area contributed by atoms with Gasteiger partial charge in [0.15, 0.2) is 0 Å². The number of rotatable bonds is 4. The summed E-state index contributed by atoms with van der Waals surface area (Å²) in [5, 5.41) is 0. The van der Waals surface area contributed by atoms with Gasteiger partial charge in [-0.2, -0.15) is 0 Å². The molecule has 0 aliphatic carbocycles. The van der Waals surface area contributed by atoms with Crippen molar-refractivity contribution in [2.75, 3.05) is 7.11 Å². The third kappa shape index (κ3) is 3.88. The number of hydrogen-bond acceptors (Lipinski definition) is 4. The first kappa shape index (κ1) is 17.4. The number of hydrogen-bond donors (Lipinski definition) is 0. The zero-order chi connectivity index (χ0) is 18.6. The molecule has 3 heterocycles. The average molecular weight is 418 g/mol. The number of pyridine rings is 3. The molecule has 0 fully saturated rings.